The molecule has 1 aromatic carbocycles. The van der Waals surface area contributed by atoms with Crippen LogP contribution in [0.2, 0.25) is 5.02 Å². The van der Waals surface area contributed by atoms with Gasteiger partial charge in [-0.25, -0.2) is 4.79 Å². The number of carbonyl (C=O) groups excluding carboxylic acids is 1. The van der Waals surface area contributed by atoms with Gasteiger partial charge in [-0.1, -0.05) is 23.7 Å². The first-order chi connectivity index (χ1) is 11.5. The van der Waals surface area contributed by atoms with Gasteiger partial charge in [0.2, 0.25) is 5.91 Å². The van der Waals surface area contributed by atoms with Crippen molar-refractivity contribution in [3.63, 3.8) is 0 Å². The van der Waals surface area contributed by atoms with Gasteiger partial charge in [-0.3, -0.25) is 18.7 Å². The number of para-hydroxylation sites is 1. The van der Waals surface area contributed by atoms with E-state index in [4.69, 9.17) is 16.3 Å². The molecule has 1 aromatic heterocycles. The van der Waals surface area contributed by atoms with Crippen LogP contribution in [0.25, 0.3) is 0 Å². The Morgan fingerprint density at radius 2 is 2.17 bits per heavy atom. The number of benzene rings is 1. The number of nitrogens with one attached hydrogen (secondary N) is 1. The highest BCUT2D eigenvalue weighted by molar-refractivity contribution is 6.32. The van der Waals surface area contributed by atoms with E-state index in [1.807, 2.05) is 6.07 Å². The van der Waals surface area contributed by atoms with E-state index in [0.29, 0.717) is 23.8 Å². The van der Waals surface area contributed by atoms with Gasteiger partial charge in [-0.2, -0.15) is 0 Å². The van der Waals surface area contributed by atoms with Gasteiger partial charge in [-0.05, 0) is 6.07 Å². The quantitative estimate of drug-likeness (QED) is 0.890. The number of halogens is 1. The number of fused-ring (bicyclic) bond motifs is 1. The molecular formula is C16H16ClN3O4. The highest BCUT2D eigenvalue weighted by Crippen LogP contribution is 2.37. The van der Waals surface area contributed by atoms with Crippen molar-refractivity contribution in [2.24, 2.45) is 7.05 Å². The summed E-state index contributed by atoms with van der Waals surface area (Å²) in [6.07, 6.45) is 1.93. The molecule has 24 heavy (non-hydrogen) atoms. The average Bonchev–Trinajstić information content (AvgIpc) is 2.56. The fraction of sp³-hybridized carbons (Fsp3) is 0.312. The summed E-state index contributed by atoms with van der Waals surface area (Å²) in [4.78, 5) is 35.6. The second-order valence-electron chi connectivity index (χ2n) is 5.54. The molecule has 1 N–H and O–H groups in total. The molecule has 0 aliphatic carbocycles. The van der Waals surface area contributed by atoms with Crippen LogP contribution in [0.3, 0.4) is 0 Å². The molecule has 7 nitrogen and oxygen atoms in total. The van der Waals surface area contributed by atoms with Crippen LogP contribution in [0.5, 0.6) is 5.75 Å². The molecule has 2 aromatic rings. The van der Waals surface area contributed by atoms with Crippen LogP contribution in [0, 0.1) is 0 Å². The third-order valence-electron chi connectivity index (χ3n) is 3.94. The van der Waals surface area contributed by atoms with E-state index >= 15 is 0 Å². The summed E-state index contributed by atoms with van der Waals surface area (Å²) < 4.78 is 7.70. The molecular weight excluding hydrogens is 334 g/mol. The SMILES string of the molecule is Cn1c(=O)ccn(CC(=O)N[C@H]2CCOc3c(Cl)cccc32)c1=O. The summed E-state index contributed by atoms with van der Waals surface area (Å²) in [6, 6.07) is 6.39. The normalized spacial score (nSPS) is 16.2. The Labute approximate surface area is 142 Å². The predicted molar refractivity (Wildman–Crippen MR) is 88.4 cm³/mol. The molecule has 8 heteroatoms. The van der Waals surface area contributed by atoms with Crippen LogP contribution < -0.4 is 21.3 Å². The maximum atomic E-state index is 12.3. The van der Waals surface area contributed by atoms with E-state index in [9.17, 15) is 14.4 Å². The summed E-state index contributed by atoms with van der Waals surface area (Å²) in [6.45, 7) is 0.279. The topological polar surface area (TPSA) is 82.3 Å². The highest BCUT2D eigenvalue weighted by Gasteiger charge is 2.24. The largest absolute Gasteiger partial charge is 0.492 e. The van der Waals surface area contributed by atoms with E-state index < -0.39 is 11.2 Å². The lowest BCUT2D eigenvalue weighted by atomic mass is 10.0. The van der Waals surface area contributed by atoms with E-state index in [2.05, 4.69) is 5.32 Å². The summed E-state index contributed by atoms with van der Waals surface area (Å²) in [5.74, 6) is 0.253. The van der Waals surface area contributed by atoms with Crippen molar-refractivity contribution in [2.45, 2.75) is 19.0 Å². The number of amides is 1. The second-order valence-corrected chi connectivity index (χ2v) is 5.95. The van der Waals surface area contributed by atoms with Gasteiger partial charge in [0.05, 0.1) is 17.7 Å². The molecule has 0 spiro atoms. The molecule has 0 bridgehead atoms. The van der Waals surface area contributed by atoms with Crippen molar-refractivity contribution in [3.8, 4) is 5.75 Å². The molecule has 1 amide bonds. The highest BCUT2D eigenvalue weighted by atomic mass is 35.5. The van der Waals surface area contributed by atoms with Crippen molar-refractivity contribution < 1.29 is 9.53 Å². The van der Waals surface area contributed by atoms with Crippen molar-refractivity contribution in [1.29, 1.82) is 0 Å². The zero-order valence-corrected chi connectivity index (χ0v) is 13.7. The van der Waals surface area contributed by atoms with E-state index in [1.54, 1.807) is 12.1 Å². The van der Waals surface area contributed by atoms with Crippen LogP contribution in [0.1, 0.15) is 18.0 Å². The number of carbonyl (C=O) groups is 1. The summed E-state index contributed by atoms with van der Waals surface area (Å²) in [5, 5.41) is 3.39. The van der Waals surface area contributed by atoms with Crippen molar-refractivity contribution >= 4 is 17.5 Å². The summed E-state index contributed by atoms with van der Waals surface area (Å²) >= 11 is 6.11. The summed E-state index contributed by atoms with van der Waals surface area (Å²) in [5.41, 5.74) is -0.132. The van der Waals surface area contributed by atoms with Crippen LogP contribution in [0.4, 0.5) is 0 Å². The minimum Gasteiger partial charge on any atom is -0.492 e. The van der Waals surface area contributed by atoms with Crippen LogP contribution in [-0.4, -0.2) is 21.6 Å². The van der Waals surface area contributed by atoms with Gasteiger partial charge in [-0.15, -0.1) is 0 Å². The first kappa shape index (κ1) is 16.3. The van der Waals surface area contributed by atoms with Gasteiger partial charge in [0.1, 0.15) is 12.3 Å². The van der Waals surface area contributed by atoms with E-state index in [1.165, 1.54) is 23.9 Å². The molecule has 0 saturated carbocycles. The van der Waals surface area contributed by atoms with Crippen LogP contribution >= 0.6 is 11.6 Å². The van der Waals surface area contributed by atoms with E-state index in [0.717, 1.165) is 10.1 Å². The molecule has 0 saturated heterocycles. The molecule has 2 heterocycles. The van der Waals surface area contributed by atoms with E-state index in [-0.39, 0.29) is 18.5 Å². The lowest BCUT2D eigenvalue weighted by Gasteiger charge is -2.27. The Hall–Kier alpha value is -2.54. The van der Waals surface area contributed by atoms with Gasteiger partial charge < -0.3 is 10.1 Å². The number of ether oxygens (including phenoxy) is 1. The van der Waals surface area contributed by atoms with Gasteiger partial charge in [0, 0.05) is 31.3 Å². The van der Waals surface area contributed by atoms with Gasteiger partial charge in [0.15, 0.2) is 0 Å². The van der Waals surface area contributed by atoms with Crippen LogP contribution in [-0.2, 0) is 18.4 Å². The van der Waals surface area contributed by atoms with Gasteiger partial charge in [0.25, 0.3) is 5.56 Å². The zero-order valence-electron chi connectivity index (χ0n) is 13.0. The van der Waals surface area contributed by atoms with Crippen LogP contribution in [0.15, 0.2) is 40.1 Å². The Balaban J connectivity index is 1.78. The standard InChI is InChI=1S/C16H16ClN3O4/c1-19-14(22)5-7-20(16(19)23)9-13(21)18-12-6-8-24-15-10(12)3-2-4-11(15)17/h2-5,7,12H,6,8-9H2,1H3,(H,18,21)/t12-/m0/s1. The predicted octanol–water partition coefficient (Wildman–Crippen LogP) is 0.840. The Bertz CT molecular complexity index is 903. The molecule has 0 unspecified atom stereocenters. The molecule has 1 aliphatic heterocycles. The summed E-state index contributed by atoms with van der Waals surface area (Å²) in [7, 11) is 1.37. The monoisotopic (exact) mass is 349 g/mol. The smallest absolute Gasteiger partial charge is 0.331 e. The molecule has 0 radical (unpaired) electrons. The first-order valence-corrected chi connectivity index (χ1v) is 7.82. The lowest BCUT2D eigenvalue weighted by Crippen LogP contribution is -2.41. The minimum absolute atomic E-state index is 0.166. The number of hydrogen-bond donors (Lipinski definition) is 1. The Morgan fingerprint density at radius 3 is 2.96 bits per heavy atom. The minimum atomic E-state index is -0.534. The fourth-order valence-electron chi connectivity index (χ4n) is 2.67. The molecule has 126 valence electrons. The maximum Gasteiger partial charge on any atom is 0.331 e. The van der Waals surface area contributed by atoms with Gasteiger partial charge >= 0.3 is 5.69 Å². The van der Waals surface area contributed by atoms with Crippen molar-refractivity contribution in [1.82, 2.24) is 14.5 Å². The maximum absolute atomic E-state index is 12.3. The second kappa shape index (κ2) is 6.52. The average molecular weight is 350 g/mol. The third-order valence-corrected chi connectivity index (χ3v) is 4.23. The fourth-order valence-corrected chi connectivity index (χ4v) is 2.90. The molecule has 1 atom stereocenters. The lowest BCUT2D eigenvalue weighted by molar-refractivity contribution is -0.122. The first-order valence-electron chi connectivity index (χ1n) is 7.44. The Morgan fingerprint density at radius 1 is 1.38 bits per heavy atom. The number of hydrogen-bond acceptors (Lipinski definition) is 4. The van der Waals surface area contributed by atoms with Crippen molar-refractivity contribution in [2.75, 3.05) is 6.61 Å². The molecule has 3 rings (SSSR count). The molecule has 1 aliphatic rings. The number of rotatable bonds is 3. The number of aromatic nitrogens is 2. The van der Waals surface area contributed by atoms with Crippen molar-refractivity contribution in [3.05, 3.63) is 61.9 Å². The zero-order chi connectivity index (χ0) is 17.3. The third kappa shape index (κ3) is 3.07. The molecule has 0 fully saturated rings. The Kier molecular flexibility index (Phi) is 4.44. The number of nitrogens with zero attached hydrogens (tertiary/aromatic N) is 2.